The van der Waals surface area contributed by atoms with Crippen LogP contribution in [0.2, 0.25) is 0 Å². The SMILES string of the molecule is CCC(CC)N(C)c1nccc(C)c1C(N)=S. The molecule has 0 fully saturated rings. The highest BCUT2D eigenvalue weighted by atomic mass is 32.1. The quantitative estimate of drug-likeness (QED) is 0.817. The predicted molar refractivity (Wildman–Crippen MR) is 77.6 cm³/mol. The summed E-state index contributed by atoms with van der Waals surface area (Å²) < 4.78 is 0. The van der Waals surface area contributed by atoms with Crippen molar-refractivity contribution in [3.63, 3.8) is 0 Å². The summed E-state index contributed by atoms with van der Waals surface area (Å²) in [5, 5.41) is 0. The van der Waals surface area contributed by atoms with Crippen LogP contribution in [0.25, 0.3) is 0 Å². The molecule has 0 aliphatic rings. The van der Waals surface area contributed by atoms with E-state index < -0.39 is 0 Å². The molecule has 0 bridgehead atoms. The standard InChI is InChI=1S/C13H21N3S/c1-5-10(6-2)16(4)13-11(12(14)17)9(3)7-8-15-13/h7-8,10H,5-6H2,1-4H3,(H2,14,17). The molecule has 17 heavy (non-hydrogen) atoms. The molecule has 3 nitrogen and oxygen atoms in total. The van der Waals surface area contributed by atoms with Crippen molar-refractivity contribution in [2.45, 2.75) is 39.7 Å². The van der Waals surface area contributed by atoms with Crippen LogP contribution in [-0.2, 0) is 0 Å². The van der Waals surface area contributed by atoms with Crippen molar-refractivity contribution in [3.05, 3.63) is 23.4 Å². The van der Waals surface area contributed by atoms with E-state index in [1.807, 2.05) is 19.2 Å². The number of nitrogens with zero attached hydrogens (tertiary/aromatic N) is 2. The van der Waals surface area contributed by atoms with E-state index in [2.05, 4.69) is 30.8 Å². The third kappa shape index (κ3) is 2.94. The largest absolute Gasteiger partial charge is 0.389 e. The Bertz CT molecular complexity index is 400. The normalized spacial score (nSPS) is 10.6. The van der Waals surface area contributed by atoms with Crippen LogP contribution in [0.5, 0.6) is 0 Å². The van der Waals surface area contributed by atoms with Crippen molar-refractivity contribution in [1.82, 2.24) is 4.98 Å². The minimum Gasteiger partial charge on any atom is -0.389 e. The molecule has 0 aromatic carbocycles. The zero-order valence-electron chi connectivity index (χ0n) is 11.0. The summed E-state index contributed by atoms with van der Waals surface area (Å²) in [6, 6.07) is 2.41. The van der Waals surface area contributed by atoms with Crippen molar-refractivity contribution >= 4 is 23.0 Å². The van der Waals surface area contributed by atoms with Gasteiger partial charge in [0.05, 0.1) is 5.56 Å². The molecule has 2 N–H and O–H groups in total. The van der Waals surface area contributed by atoms with Gasteiger partial charge in [-0.2, -0.15) is 0 Å². The summed E-state index contributed by atoms with van der Waals surface area (Å²) in [5.41, 5.74) is 7.78. The molecular weight excluding hydrogens is 230 g/mol. The van der Waals surface area contributed by atoms with Gasteiger partial charge >= 0.3 is 0 Å². The monoisotopic (exact) mass is 251 g/mol. The summed E-state index contributed by atoms with van der Waals surface area (Å²) in [5.74, 6) is 0.895. The smallest absolute Gasteiger partial charge is 0.139 e. The van der Waals surface area contributed by atoms with Crippen LogP contribution in [-0.4, -0.2) is 23.1 Å². The van der Waals surface area contributed by atoms with Crippen LogP contribution in [0.4, 0.5) is 5.82 Å². The molecule has 0 aliphatic carbocycles. The summed E-state index contributed by atoms with van der Waals surface area (Å²) in [4.78, 5) is 7.04. The van der Waals surface area contributed by atoms with E-state index in [0.29, 0.717) is 11.0 Å². The highest BCUT2D eigenvalue weighted by Gasteiger charge is 2.18. The van der Waals surface area contributed by atoms with Crippen LogP contribution in [0.3, 0.4) is 0 Å². The van der Waals surface area contributed by atoms with Gasteiger partial charge in [0, 0.05) is 19.3 Å². The van der Waals surface area contributed by atoms with Gasteiger partial charge in [-0.25, -0.2) is 4.98 Å². The first kappa shape index (κ1) is 13.9. The van der Waals surface area contributed by atoms with Gasteiger partial charge in [0.15, 0.2) is 0 Å². The number of aromatic nitrogens is 1. The predicted octanol–water partition coefficient (Wildman–Crippen LogP) is 2.65. The Hall–Kier alpha value is -1.16. The Kier molecular flexibility index (Phi) is 4.87. The van der Waals surface area contributed by atoms with Crippen LogP contribution >= 0.6 is 12.2 Å². The fraction of sp³-hybridized carbons (Fsp3) is 0.538. The molecule has 4 heteroatoms. The second kappa shape index (κ2) is 5.96. The highest BCUT2D eigenvalue weighted by Crippen LogP contribution is 2.23. The van der Waals surface area contributed by atoms with Crippen molar-refractivity contribution in [3.8, 4) is 0 Å². The number of hydrogen-bond acceptors (Lipinski definition) is 3. The Morgan fingerprint density at radius 2 is 2.06 bits per heavy atom. The van der Waals surface area contributed by atoms with E-state index in [-0.39, 0.29) is 0 Å². The lowest BCUT2D eigenvalue weighted by atomic mass is 10.1. The van der Waals surface area contributed by atoms with Crippen molar-refractivity contribution in [2.24, 2.45) is 5.73 Å². The zero-order valence-corrected chi connectivity index (χ0v) is 11.8. The molecule has 1 rings (SSSR count). The van der Waals surface area contributed by atoms with E-state index in [1.165, 1.54) is 0 Å². The van der Waals surface area contributed by atoms with E-state index in [1.54, 1.807) is 0 Å². The van der Waals surface area contributed by atoms with Gasteiger partial charge in [0.25, 0.3) is 0 Å². The Balaban J connectivity index is 3.21. The first-order chi connectivity index (χ1) is 8.02. The minimum atomic E-state index is 0.420. The third-order valence-corrected chi connectivity index (χ3v) is 3.41. The van der Waals surface area contributed by atoms with Crippen molar-refractivity contribution in [2.75, 3.05) is 11.9 Å². The average molecular weight is 251 g/mol. The second-order valence-electron chi connectivity index (χ2n) is 4.27. The van der Waals surface area contributed by atoms with Crippen LogP contribution in [0.15, 0.2) is 12.3 Å². The molecule has 0 amide bonds. The Morgan fingerprint density at radius 1 is 1.47 bits per heavy atom. The maximum atomic E-state index is 5.80. The third-order valence-electron chi connectivity index (χ3n) is 3.21. The topological polar surface area (TPSA) is 42.2 Å². The number of aryl methyl sites for hydroxylation is 1. The Labute approximate surface area is 109 Å². The van der Waals surface area contributed by atoms with Gasteiger partial charge in [-0.15, -0.1) is 0 Å². The molecule has 0 spiro atoms. The molecule has 94 valence electrons. The molecule has 0 saturated carbocycles. The molecule has 0 saturated heterocycles. The summed E-state index contributed by atoms with van der Waals surface area (Å²) >= 11 is 5.13. The van der Waals surface area contributed by atoms with E-state index in [0.717, 1.165) is 29.8 Å². The first-order valence-electron chi connectivity index (χ1n) is 6.01. The molecule has 0 aliphatic heterocycles. The highest BCUT2D eigenvalue weighted by molar-refractivity contribution is 7.80. The molecular formula is C13H21N3S. The Morgan fingerprint density at radius 3 is 2.53 bits per heavy atom. The van der Waals surface area contributed by atoms with E-state index >= 15 is 0 Å². The lowest BCUT2D eigenvalue weighted by Gasteiger charge is -2.29. The van der Waals surface area contributed by atoms with Gasteiger partial charge in [-0.1, -0.05) is 26.1 Å². The lowest BCUT2D eigenvalue weighted by molar-refractivity contribution is 0.586. The number of rotatable bonds is 5. The van der Waals surface area contributed by atoms with Gasteiger partial charge < -0.3 is 10.6 Å². The fourth-order valence-corrected chi connectivity index (χ4v) is 2.38. The average Bonchev–Trinajstić information content (AvgIpc) is 2.29. The van der Waals surface area contributed by atoms with Gasteiger partial charge in [0.1, 0.15) is 10.8 Å². The molecule has 1 heterocycles. The second-order valence-corrected chi connectivity index (χ2v) is 4.71. The lowest BCUT2D eigenvalue weighted by Crippen LogP contribution is -2.33. The number of nitrogens with two attached hydrogens (primary N) is 1. The van der Waals surface area contributed by atoms with Crippen molar-refractivity contribution in [1.29, 1.82) is 0 Å². The fourth-order valence-electron chi connectivity index (χ4n) is 2.13. The number of anilines is 1. The van der Waals surface area contributed by atoms with Gasteiger partial charge in [-0.3, -0.25) is 0 Å². The summed E-state index contributed by atoms with van der Waals surface area (Å²) in [6.45, 7) is 6.38. The van der Waals surface area contributed by atoms with Crippen LogP contribution in [0.1, 0.15) is 37.8 Å². The van der Waals surface area contributed by atoms with Crippen LogP contribution < -0.4 is 10.6 Å². The molecule has 1 aromatic heterocycles. The number of thiocarbonyl (C=S) groups is 1. The molecule has 0 radical (unpaired) electrons. The molecule has 0 atom stereocenters. The van der Waals surface area contributed by atoms with Crippen molar-refractivity contribution < 1.29 is 0 Å². The van der Waals surface area contributed by atoms with Gasteiger partial charge in [0.2, 0.25) is 0 Å². The molecule has 1 aromatic rings. The minimum absolute atomic E-state index is 0.420. The molecule has 0 unspecified atom stereocenters. The zero-order chi connectivity index (χ0) is 13.0. The maximum absolute atomic E-state index is 5.80. The summed E-state index contributed by atoms with van der Waals surface area (Å²) in [7, 11) is 2.06. The summed E-state index contributed by atoms with van der Waals surface area (Å²) in [6.07, 6.45) is 3.98. The van der Waals surface area contributed by atoms with E-state index in [4.69, 9.17) is 18.0 Å². The maximum Gasteiger partial charge on any atom is 0.139 e. The van der Waals surface area contributed by atoms with Crippen LogP contribution in [0, 0.1) is 6.92 Å². The van der Waals surface area contributed by atoms with Gasteiger partial charge in [-0.05, 0) is 31.4 Å². The number of hydrogen-bond donors (Lipinski definition) is 1. The first-order valence-corrected chi connectivity index (χ1v) is 6.41. The number of pyridine rings is 1. The van der Waals surface area contributed by atoms with E-state index in [9.17, 15) is 0 Å².